The third-order valence-electron chi connectivity index (χ3n) is 2.20. The highest BCUT2D eigenvalue weighted by Crippen LogP contribution is 1.99. The van der Waals surface area contributed by atoms with Gasteiger partial charge in [0, 0.05) is 19.8 Å². The molecule has 0 bridgehead atoms. The molecule has 0 radical (unpaired) electrons. The summed E-state index contributed by atoms with van der Waals surface area (Å²) in [4.78, 5) is 10.1. The average Bonchev–Trinajstić information content (AvgIpc) is 2.25. The van der Waals surface area contributed by atoms with Crippen molar-refractivity contribution in [3.8, 4) is 0 Å². The normalized spacial score (nSPS) is 10.6. The lowest BCUT2D eigenvalue weighted by atomic mass is 10.2. The number of hydrogen-bond donors (Lipinski definition) is 1. The number of carboxylic acids is 1. The third-order valence-corrected chi connectivity index (χ3v) is 2.20. The fraction of sp³-hybridized carbons (Fsp3) is 0.917. The quantitative estimate of drug-likeness (QED) is 0.525. The van der Waals surface area contributed by atoms with E-state index in [1.807, 2.05) is 0 Å². The maximum absolute atomic E-state index is 10.1. The highest BCUT2D eigenvalue weighted by Gasteiger charge is 1.96. The monoisotopic (exact) mass is 232 g/mol. The summed E-state index contributed by atoms with van der Waals surface area (Å²) < 4.78 is 10.3. The molecule has 0 aliphatic carbocycles. The van der Waals surface area contributed by atoms with E-state index in [4.69, 9.17) is 14.6 Å². The number of hydrogen-bond acceptors (Lipinski definition) is 3. The minimum absolute atomic E-state index is 0.197. The molecule has 16 heavy (non-hydrogen) atoms. The fourth-order valence-electron chi connectivity index (χ4n) is 1.30. The van der Waals surface area contributed by atoms with Gasteiger partial charge in [-0.25, -0.2) is 4.79 Å². The van der Waals surface area contributed by atoms with Crippen LogP contribution in [0.4, 0.5) is 0 Å². The van der Waals surface area contributed by atoms with Gasteiger partial charge in [-0.05, 0) is 19.3 Å². The van der Waals surface area contributed by atoms with Gasteiger partial charge < -0.3 is 14.6 Å². The first-order chi connectivity index (χ1) is 7.77. The summed E-state index contributed by atoms with van der Waals surface area (Å²) in [6, 6.07) is 0. The molecule has 0 aromatic carbocycles. The topological polar surface area (TPSA) is 55.8 Å². The van der Waals surface area contributed by atoms with Crippen LogP contribution in [0.3, 0.4) is 0 Å². The highest BCUT2D eigenvalue weighted by atomic mass is 16.5. The van der Waals surface area contributed by atoms with Crippen LogP contribution in [0, 0.1) is 0 Å². The molecule has 0 heterocycles. The van der Waals surface area contributed by atoms with E-state index in [0.717, 1.165) is 32.5 Å². The molecule has 0 atom stereocenters. The van der Waals surface area contributed by atoms with Crippen molar-refractivity contribution in [2.75, 3.05) is 26.4 Å². The van der Waals surface area contributed by atoms with Gasteiger partial charge in [-0.15, -0.1) is 0 Å². The first-order valence-electron chi connectivity index (χ1n) is 6.14. The van der Waals surface area contributed by atoms with Gasteiger partial charge in [0.05, 0.1) is 0 Å². The van der Waals surface area contributed by atoms with Crippen molar-refractivity contribution in [1.29, 1.82) is 0 Å². The summed E-state index contributed by atoms with van der Waals surface area (Å²) in [5.41, 5.74) is 0. The maximum Gasteiger partial charge on any atom is 0.329 e. The first kappa shape index (κ1) is 15.4. The maximum atomic E-state index is 10.1. The average molecular weight is 232 g/mol. The van der Waals surface area contributed by atoms with Gasteiger partial charge in [0.1, 0.15) is 6.61 Å². The largest absolute Gasteiger partial charge is 0.480 e. The lowest BCUT2D eigenvalue weighted by Gasteiger charge is -2.04. The van der Waals surface area contributed by atoms with Crippen molar-refractivity contribution < 1.29 is 19.4 Å². The molecule has 0 fully saturated rings. The van der Waals surface area contributed by atoms with E-state index >= 15 is 0 Å². The Morgan fingerprint density at radius 2 is 1.50 bits per heavy atom. The van der Waals surface area contributed by atoms with E-state index in [0.29, 0.717) is 6.61 Å². The third kappa shape index (κ3) is 13.4. The first-order valence-corrected chi connectivity index (χ1v) is 6.14. The van der Waals surface area contributed by atoms with Crippen LogP contribution in [0.5, 0.6) is 0 Å². The smallest absolute Gasteiger partial charge is 0.329 e. The molecule has 0 saturated carbocycles. The lowest BCUT2D eigenvalue weighted by Crippen LogP contribution is -2.08. The van der Waals surface area contributed by atoms with Crippen LogP contribution in [0.15, 0.2) is 0 Å². The molecule has 0 unspecified atom stereocenters. The van der Waals surface area contributed by atoms with E-state index in [1.54, 1.807) is 0 Å². The highest BCUT2D eigenvalue weighted by molar-refractivity contribution is 5.67. The van der Waals surface area contributed by atoms with Gasteiger partial charge in [0.15, 0.2) is 0 Å². The van der Waals surface area contributed by atoms with Gasteiger partial charge in [-0.2, -0.15) is 0 Å². The Morgan fingerprint density at radius 3 is 2.06 bits per heavy atom. The molecular formula is C12H24O4. The van der Waals surface area contributed by atoms with E-state index in [9.17, 15) is 4.79 Å². The molecule has 1 N–H and O–H groups in total. The summed E-state index contributed by atoms with van der Waals surface area (Å²) in [6.07, 6.45) is 6.73. The van der Waals surface area contributed by atoms with Crippen molar-refractivity contribution in [2.24, 2.45) is 0 Å². The van der Waals surface area contributed by atoms with Crippen LogP contribution in [-0.4, -0.2) is 37.5 Å². The minimum Gasteiger partial charge on any atom is -0.480 e. The number of ether oxygens (including phenoxy) is 2. The fourth-order valence-corrected chi connectivity index (χ4v) is 1.30. The molecule has 0 aromatic heterocycles. The predicted octanol–water partition coefficient (Wildman–Crippen LogP) is 2.46. The summed E-state index contributed by atoms with van der Waals surface area (Å²) in [5, 5.41) is 8.31. The Labute approximate surface area is 97.9 Å². The molecular weight excluding hydrogens is 208 g/mol. The molecule has 0 rings (SSSR count). The van der Waals surface area contributed by atoms with Crippen molar-refractivity contribution in [3.63, 3.8) is 0 Å². The summed E-state index contributed by atoms with van der Waals surface area (Å²) in [5.74, 6) is -0.910. The van der Waals surface area contributed by atoms with Gasteiger partial charge in [0.25, 0.3) is 0 Å². The lowest BCUT2D eigenvalue weighted by molar-refractivity contribution is -0.142. The molecule has 0 aliphatic heterocycles. The van der Waals surface area contributed by atoms with E-state index < -0.39 is 5.97 Å². The molecule has 0 spiro atoms. The zero-order valence-corrected chi connectivity index (χ0v) is 10.2. The van der Waals surface area contributed by atoms with E-state index in [1.165, 1.54) is 19.3 Å². The van der Waals surface area contributed by atoms with Gasteiger partial charge in [-0.3, -0.25) is 0 Å². The molecule has 0 saturated heterocycles. The second-order valence-corrected chi connectivity index (χ2v) is 3.83. The predicted molar refractivity (Wildman–Crippen MR) is 62.6 cm³/mol. The number of carboxylic acid groups (broad SMARTS) is 1. The van der Waals surface area contributed by atoms with Crippen molar-refractivity contribution in [1.82, 2.24) is 0 Å². The number of unbranched alkanes of at least 4 members (excludes halogenated alkanes) is 4. The van der Waals surface area contributed by atoms with Gasteiger partial charge >= 0.3 is 5.97 Å². The van der Waals surface area contributed by atoms with Crippen LogP contribution in [-0.2, 0) is 14.3 Å². The van der Waals surface area contributed by atoms with Crippen molar-refractivity contribution in [3.05, 3.63) is 0 Å². The Morgan fingerprint density at radius 1 is 0.938 bits per heavy atom. The zero-order chi connectivity index (χ0) is 12.1. The number of rotatable bonds is 12. The Bertz CT molecular complexity index is 159. The van der Waals surface area contributed by atoms with Gasteiger partial charge in [-0.1, -0.05) is 26.2 Å². The SMILES string of the molecule is CCCCCCOCCCCOCC(=O)O. The van der Waals surface area contributed by atoms with Gasteiger partial charge in [0.2, 0.25) is 0 Å². The Hall–Kier alpha value is -0.610. The van der Waals surface area contributed by atoms with Crippen LogP contribution >= 0.6 is 0 Å². The molecule has 4 nitrogen and oxygen atoms in total. The Kier molecular flexibility index (Phi) is 12.0. The van der Waals surface area contributed by atoms with Crippen LogP contribution < -0.4 is 0 Å². The Balaban J connectivity index is 2.90. The molecule has 0 aliphatic rings. The molecule has 0 aromatic rings. The number of carbonyl (C=O) groups is 1. The number of aliphatic carboxylic acids is 1. The van der Waals surface area contributed by atoms with Crippen LogP contribution in [0.25, 0.3) is 0 Å². The summed E-state index contributed by atoms with van der Waals surface area (Å²) in [6.45, 7) is 4.10. The minimum atomic E-state index is -0.910. The van der Waals surface area contributed by atoms with Crippen LogP contribution in [0.1, 0.15) is 45.4 Å². The molecule has 0 amide bonds. The van der Waals surface area contributed by atoms with E-state index in [2.05, 4.69) is 6.92 Å². The summed E-state index contributed by atoms with van der Waals surface area (Å²) >= 11 is 0. The molecule has 4 heteroatoms. The van der Waals surface area contributed by atoms with E-state index in [-0.39, 0.29) is 6.61 Å². The zero-order valence-electron chi connectivity index (χ0n) is 10.2. The van der Waals surface area contributed by atoms with Crippen molar-refractivity contribution >= 4 is 5.97 Å². The second-order valence-electron chi connectivity index (χ2n) is 3.83. The van der Waals surface area contributed by atoms with Crippen LogP contribution in [0.2, 0.25) is 0 Å². The van der Waals surface area contributed by atoms with Crippen molar-refractivity contribution in [2.45, 2.75) is 45.4 Å². The standard InChI is InChI=1S/C12H24O4/c1-2-3-4-5-8-15-9-6-7-10-16-11-12(13)14/h2-11H2,1H3,(H,13,14). The molecule has 96 valence electrons. The summed E-state index contributed by atoms with van der Waals surface area (Å²) in [7, 11) is 0. The second kappa shape index (κ2) is 12.5.